The zero-order chi connectivity index (χ0) is 39.8. The number of benzene rings is 5. The van der Waals surface area contributed by atoms with Crippen molar-refractivity contribution in [3.05, 3.63) is 162 Å². The van der Waals surface area contributed by atoms with Crippen LogP contribution in [-0.4, -0.2) is 35.3 Å². The summed E-state index contributed by atoms with van der Waals surface area (Å²) in [6.07, 6.45) is 3.98. The first-order valence-corrected chi connectivity index (χ1v) is 26.6. The van der Waals surface area contributed by atoms with Gasteiger partial charge in [0.05, 0.1) is 5.58 Å². The molecule has 0 unspecified atom stereocenters. The van der Waals surface area contributed by atoms with Crippen LogP contribution in [-0.2, 0) is 20.1 Å². The van der Waals surface area contributed by atoms with Gasteiger partial charge in [0.2, 0.25) is 0 Å². The number of aromatic nitrogens is 3. The van der Waals surface area contributed by atoms with E-state index in [1.54, 1.807) is 7.11 Å². The summed E-state index contributed by atoms with van der Waals surface area (Å²) < 4.78 is 13.4. The summed E-state index contributed by atoms with van der Waals surface area (Å²) in [7, 11) is 1.67. The van der Waals surface area contributed by atoms with Gasteiger partial charge in [0, 0.05) is 48.6 Å². The number of nitrogens with zero attached hydrogens (tertiary/aromatic N) is 3. The first-order chi connectivity index (χ1) is 27.5. The van der Waals surface area contributed by atoms with Crippen molar-refractivity contribution in [3.63, 3.8) is 0 Å². The van der Waals surface area contributed by atoms with Crippen LogP contribution in [0.1, 0.15) is 22.5 Å². The van der Waals surface area contributed by atoms with Gasteiger partial charge in [0.15, 0.2) is 0 Å². The molecular weight excluding hydrogens is 951 g/mol. The zero-order valence-corrected chi connectivity index (χ0v) is 38.6. The molecule has 0 atom stereocenters. The predicted molar refractivity (Wildman–Crippen MR) is 239 cm³/mol. The molecule has 0 aliphatic heterocycles. The average molecular weight is 997 g/mol. The molecule has 0 amide bonds. The zero-order valence-electron chi connectivity index (χ0n) is 34.1. The van der Waals surface area contributed by atoms with Crippen molar-refractivity contribution in [2.75, 3.05) is 7.11 Å². The van der Waals surface area contributed by atoms with Crippen molar-refractivity contribution in [2.24, 2.45) is 0 Å². The van der Waals surface area contributed by atoms with Crippen molar-refractivity contribution in [3.8, 4) is 50.5 Å². The largest absolute Gasteiger partial charge is 0.500 e. The van der Waals surface area contributed by atoms with E-state index in [-0.39, 0.29) is 20.1 Å². The molecule has 5 aromatic carbocycles. The third kappa shape index (κ3) is 8.28. The Balaban J connectivity index is 0.000000217. The number of rotatable bonds is 6. The Kier molecular flexibility index (Phi) is 11.8. The Hall–Kier alpha value is -5.40. The summed E-state index contributed by atoms with van der Waals surface area (Å²) in [5, 5.41) is 4.48. The molecule has 58 heavy (non-hydrogen) atoms. The normalized spacial score (nSPS) is 11.3. The summed E-state index contributed by atoms with van der Waals surface area (Å²) in [6, 6.07) is 46.4. The fraction of sp³-hybridized carbons (Fsp3) is 0.157. The van der Waals surface area contributed by atoms with Crippen molar-refractivity contribution in [2.45, 2.75) is 45.0 Å². The predicted octanol–water partition coefficient (Wildman–Crippen LogP) is 12.7. The molecule has 0 saturated carbocycles. The molecule has 4 heterocycles. The van der Waals surface area contributed by atoms with Gasteiger partial charge in [-0.25, -0.2) is 0 Å². The van der Waals surface area contributed by atoms with Gasteiger partial charge in [-0.15, -0.1) is 17.7 Å². The molecule has 0 bridgehead atoms. The second-order valence-corrected chi connectivity index (χ2v) is 26.3. The quantitative estimate of drug-likeness (QED) is 0.123. The summed E-state index contributed by atoms with van der Waals surface area (Å²) in [4.78, 5) is 13.9. The second-order valence-electron chi connectivity index (χ2n) is 15.7. The Labute approximate surface area is 357 Å². The first-order valence-electron chi connectivity index (χ1n) is 19.3. The van der Waals surface area contributed by atoms with Crippen LogP contribution >= 0.6 is 0 Å². The standard InChI is InChI=1S/C35H25N2O.C16H20GeNO.Ir/c1-21-14-15-30(32-19-25-8-4-5-9-27(25)20-36-32)35-33(21)31-13-7-12-29(34(31)38-35)26-11-6-10-24(18-26)28-16-22(2)37-23(3)17-28;1-12-9-16(18-11-15(12)17(2,3)4)13-7-6-8-14(10-13)19-5;/h4-14,16-20H,1-3H3;6,8-11H,1-5H3;/q2*-1;. The fourth-order valence-corrected chi connectivity index (χ4v) is 11.3. The van der Waals surface area contributed by atoms with Crippen LogP contribution < -0.4 is 9.13 Å². The third-order valence-corrected chi connectivity index (χ3v) is 14.9. The van der Waals surface area contributed by atoms with Crippen molar-refractivity contribution >= 4 is 50.4 Å². The number of fused-ring (bicyclic) bond motifs is 4. The van der Waals surface area contributed by atoms with Gasteiger partial charge in [0.1, 0.15) is 5.58 Å². The van der Waals surface area contributed by atoms with Crippen LogP contribution in [0.15, 0.2) is 132 Å². The number of ether oxygens (including phenoxy) is 1. The van der Waals surface area contributed by atoms with Gasteiger partial charge < -0.3 is 9.40 Å². The number of hydrogen-bond acceptors (Lipinski definition) is 5. The molecule has 0 saturated heterocycles. The molecule has 7 heteroatoms. The minimum Gasteiger partial charge on any atom is -0.500 e. The first kappa shape index (κ1) is 40.8. The van der Waals surface area contributed by atoms with E-state index in [2.05, 4.69) is 144 Å². The maximum absolute atomic E-state index is 6.72. The Bertz CT molecular complexity index is 2930. The van der Waals surface area contributed by atoms with Crippen LogP contribution in [0.3, 0.4) is 0 Å². The smallest absolute Gasteiger partial charge is 0.128 e. The maximum Gasteiger partial charge on any atom is 0.128 e. The minimum absolute atomic E-state index is 0. The topological polar surface area (TPSA) is 61.0 Å². The molecule has 9 aromatic rings. The summed E-state index contributed by atoms with van der Waals surface area (Å²) >= 11 is -1.82. The third-order valence-electron chi connectivity index (χ3n) is 10.4. The Morgan fingerprint density at radius 1 is 0.638 bits per heavy atom. The van der Waals surface area contributed by atoms with Gasteiger partial charge in [-0.3, -0.25) is 4.98 Å². The molecule has 0 spiro atoms. The number of aryl methyl sites for hydroxylation is 4. The number of pyridine rings is 3. The van der Waals surface area contributed by atoms with E-state index in [1.165, 1.54) is 15.5 Å². The summed E-state index contributed by atoms with van der Waals surface area (Å²) in [5.41, 5.74) is 14.4. The van der Waals surface area contributed by atoms with E-state index in [1.807, 2.05) is 50.4 Å². The van der Waals surface area contributed by atoms with Crippen molar-refractivity contribution < 1.29 is 29.3 Å². The van der Waals surface area contributed by atoms with E-state index in [9.17, 15) is 0 Å². The number of hydrogen-bond donors (Lipinski definition) is 0. The van der Waals surface area contributed by atoms with Gasteiger partial charge in [-0.2, -0.15) is 0 Å². The van der Waals surface area contributed by atoms with Crippen LogP contribution in [0, 0.1) is 39.8 Å². The molecule has 291 valence electrons. The Morgan fingerprint density at radius 2 is 1.36 bits per heavy atom. The van der Waals surface area contributed by atoms with Gasteiger partial charge in [-0.05, 0) is 65.2 Å². The van der Waals surface area contributed by atoms with Gasteiger partial charge in [-0.1, -0.05) is 84.6 Å². The van der Waals surface area contributed by atoms with E-state index in [4.69, 9.17) is 14.1 Å². The van der Waals surface area contributed by atoms with Crippen LogP contribution in [0.4, 0.5) is 0 Å². The molecule has 0 N–H and O–H groups in total. The SMILES string of the molecule is COc1cc[c-]c(-c2cc(C)[c]([Ge]([CH3])([CH3])[CH3])cn2)c1.Cc1cc(-c2cccc(-c3cccc4c3oc3c(-c5cc6ccccc6cn5)[c-]cc(C)c34)c2)cc(C)n1.[Ir]. The minimum atomic E-state index is -1.82. The monoisotopic (exact) mass is 998 g/mol. The summed E-state index contributed by atoms with van der Waals surface area (Å²) in [6.45, 7) is 8.37. The number of methoxy groups -OCH3 is 1. The van der Waals surface area contributed by atoms with Crippen molar-refractivity contribution in [1.82, 2.24) is 15.0 Å². The maximum atomic E-state index is 6.72. The second kappa shape index (κ2) is 16.8. The van der Waals surface area contributed by atoms with Crippen molar-refractivity contribution in [1.29, 1.82) is 0 Å². The van der Waals surface area contributed by atoms with E-state index >= 15 is 0 Å². The molecular formula is C51H45GeIrN3O2-2. The fourth-order valence-electron chi connectivity index (χ4n) is 7.72. The van der Waals surface area contributed by atoms with Crippen LogP contribution in [0.2, 0.25) is 17.3 Å². The van der Waals surface area contributed by atoms with E-state index < -0.39 is 13.3 Å². The van der Waals surface area contributed by atoms with Gasteiger partial charge >= 0.3 is 118 Å². The molecule has 0 fully saturated rings. The molecule has 5 nitrogen and oxygen atoms in total. The van der Waals surface area contributed by atoms with E-state index in [0.29, 0.717) is 0 Å². The molecule has 0 aliphatic rings. The van der Waals surface area contributed by atoms with Gasteiger partial charge in [0.25, 0.3) is 0 Å². The number of para-hydroxylation sites is 1. The van der Waals surface area contributed by atoms with E-state index in [0.717, 1.165) is 94.6 Å². The average Bonchev–Trinajstić information content (AvgIpc) is 3.61. The molecule has 9 rings (SSSR count). The molecule has 0 aliphatic carbocycles. The summed E-state index contributed by atoms with van der Waals surface area (Å²) in [5.74, 6) is 8.01. The Morgan fingerprint density at radius 3 is 2.10 bits per heavy atom. The molecule has 1 radical (unpaired) electrons. The number of furan rings is 1. The van der Waals surface area contributed by atoms with Crippen LogP contribution in [0.25, 0.3) is 77.5 Å². The molecule has 4 aromatic heterocycles. The van der Waals surface area contributed by atoms with Crippen LogP contribution in [0.5, 0.6) is 5.75 Å².